The predicted molar refractivity (Wildman–Crippen MR) is 86.3 cm³/mol. The number of benzene rings is 1. The molecule has 2 heterocycles. The highest BCUT2D eigenvalue weighted by atomic mass is 35.5. The van der Waals surface area contributed by atoms with E-state index < -0.39 is 5.97 Å². The minimum absolute atomic E-state index is 0.245. The van der Waals surface area contributed by atoms with Crippen molar-refractivity contribution >= 4 is 23.2 Å². The second-order valence-electron chi connectivity index (χ2n) is 5.07. The number of aromatic nitrogens is 2. The molecule has 2 aromatic heterocycles. The Labute approximate surface area is 137 Å². The van der Waals surface area contributed by atoms with Gasteiger partial charge in [0.15, 0.2) is 5.69 Å². The Kier molecular flexibility index (Phi) is 4.05. The number of nitrogens with zero attached hydrogens (tertiary/aromatic N) is 2. The molecular formula is C17H14ClFN2O2. The van der Waals surface area contributed by atoms with Crippen molar-refractivity contribution < 1.29 is 13.9 Å². The van der Waals surface area contributed by atoms with Crippen molar-refractivity contribution in [3.05, 3.63) is 58.6 Å². The first-order chi connectivity index (χ1) is 11.0. The standard InChI is InChI=1S/C17H14ClFN2O2/c1-3-23-17(22)16-15(11-4-6-12(19)7-5-11)20-14-8-10(2)13(18)9-21(14)16/h4-9H,3H2,1-2H3. The van der Waals surface area contributed by atoms with E-state index in [0.717, 1.165) is 5.56 Å². The first-order valence-corrected chi connectivity index (χ1v) is 7.50. The number of hydrogen-bond acceptors (Lipinski definition) is 3. The molecule has 4 nitrogen and oxygen atoms in total. The van der Waals surface area contributed by atoms with Crippen LogP contribution in [0.5, 0.6) is 0 Å². The van der Waals surface area contributed by atoms with Crippen molar-refractivity contribution in [2.45, 2.75) is 13.8 Å². The summed E-state index contributed by atoms with van der Waals surface area (Å²) in [5.74, 6) is -0.853. The second-order valence-corrected chi connectivity index (χ2v) is 5.48. The number of carbonyl (C=O) groups excluding carboxylic acids is 1. The maximum atomic E-state index is 13.2. The first-order valence-electron chi connectivity index (χ1n) is 7.12. The molecule has 3 aromatic rings. The summed E-state index contributed by atoms with van der Waals surface area (Å²) >= 11 is 6.17. The molecule has 0 aliphatic rings. The molecule has 0 radical (unpaired) electrons. The Hall–Kier alpha value is -2.40. The Bertz CT molecular complexity index is 888. The smallest absolute Gasteiger partial charge is 0.357 e. The van der Waals surface area contributed by atoms with Gasteiger partial charge in [0.1, 0.15) is 17.2 Å². The van der Waals surface area contributed by atoms with Gasteiger partial charge in [0.05, 0.1) is 11.6 Å². The molecule has 23 heavy (non-hydrogen) atoms. The molecule has 0 aliphatic carbocycles. The molecule has 1 aromatic carbocycles. The summed E-state index contributed by atoms with van der Waals surface area (Å²) in [4.78, 5) is 16.9. The van der Waals surface area contributed by atoms with Gasteiger partial charge in [-0.1, -0.05) is 11.6 Å². The summed E-state index contributed by atoms with van der Waals surface area (Å²) in [6, 6.07) is 7.60. The van der Waals surface area contributed by atoms with Crippen LogP contribution in [0.15, 0.2) is 36.5 Å². The fraction of sp³-hybridized carbons (Fsp3) is 0.176. The summed E-state index contributed by atoms with van der Waals surface area (Å²) in [5.41, 5.74) is 2.77. The zero-order valence-electron chi connectivity index (χ0n) is 12.6. The molecule has 118 valence electrons. The minimum Gasteiger partial charge on any atom is -0.461 e. The number of ether oxygens (including phenoxy) is 1. The molecule has 0 amide bonds. The van der Waals surface area contributed by atoms with Crippen molar-refractivity contribution in [3.63, 3.8) is 0 Å². The summed E-state index contributed by atoms with van der Waals surface area (Å²) in [6.07, 6.45) is 1.64. The van der Waals surface area contributed by atoms with Crippen molar-refractivity contribution in [2.75, 3.05) is 6.61 Å². The molecule has 0 N–H and O–H groups in total. The number of rotatable bonds is 3. The van der Waals surface area contributed by atoms with Gasteiger partial charge in [0, 0.05) is 11.8 Å². The Morgan fingerprint density at radius 1 is 1.35 bits per heavy atom. The number of imidazole rings is 1. The molecule has 0 fully saturated rings. The maximum Gasteiger partial charge on any atom is 0.357 e. The third-order valence-corrected chi connectivity index (χ3v) is 3.89. The maximum absolute atomic E-state index is 13.2. The van der Waals surface area contributed by atoms with Crippen LogP contribution >= 0.6 is 11.6 Å². The van der Waals surface area contributed by atoms with E-state index >= 15 is 0 Å². The summed E-state index contributed by atoms with van der Waals surface area (Å²) < 4.78 is 19.9. The lowest BCUT2D eigenvalue weighted by atomic mass is 10.1. The molecule has 3 rings (SSSR count). The van der Waals surface area contributed by atoms with Crippen molar-refractivity contribution in [2.24, 2.45) is 0 Å². The number of esters is 1. The van der Waals surface area contributed by atoms with Gasteiger partial charge in [0.25, 0.3) is 0 Å². The highest BCUT2D eigenvalue weighted by Crippen LogP contribution is 2.28. The molecule has 0 bridgehead atoms. The average Bonchev–Trinajstić information content (AvgIpc) is 2.87. The van der Waals surface area contributed by atoms with E-state index in [9.17, 15) is 9.18 Å². The molecular weight excluding hydrogens is 319 g/mol. The van der Waals surface area contributed by atoms with E-state index in [0.29, 0.717) is 21.9 Å². The van der Waals surface area contributed by atoms with Gasteiger partial charge in [-0.2, -0.15) is 0 Å². The molecule has 0 spiro atoms. The molecule has 6 heteroatoms. The zero-order chi connectivity index (χ0) is 16.6. The van der Waals surface area contributed by atoms with Crippen LogP contribution in [-0.4, -0.2) is 22.0 Å². The lowest BCUT2D eigenvalue weighted by Gasteiger charge is -2.06. The number of aryl methyl sites for hydroxylation is 1. The molecule has 0 unspecified atom stereocenters. The highest BCUT2D eigenvalue weighted by molar-refractivity contribution is 6.31. The van der Waals surface area contributed by atoms with E-state index in [1.54, 1.807) is 35.7 Å². The lowest BCUT2D eigenvalue weighted by molar-refractivity contribution is 0.0519. The number of carbonyl (C=O) groups is 1. The zero-order valence-corrected chi connectivity index (χ0v) is 13.4. The Morgan fingerprint density at radius 2 is 2.04 bits per heavy atom. The van der Waals surface area contributed by atoms with Crippen LogP contribution in [0.4, 0.5) is 4.39 Å². The quantitative estimate of drug-likeness (QED) is 0.672. The first kappa shape index (κ1) is 15.5. The van der Waals surface area contributed by atoms with E-state index in [2.05, 4.69) is 4.98 Å². The van der Waals surface area contributed by atoms with E-state index in [1.165, 1.54) is 12.1 Å². The van der Waals surface area contributed by atoms with Crippen molar-refractivity contribution in [3.8, 4) is 11.3 Å². The van der Waals surface area contributed by atoms with Crippen LogP contribution in [0.3, 0.4) is 0 Å². The van der Waals surface area contributed by atoms with Gasteiger partial charge in [0.2, 0.25) is 0 Å². The van der Waals surface area contributed by atoms with Crippen LogP contribution in [0.2, 0.25) is 5.02 Å². The van der Waals surface area contributed by atoms with Crippen LogP contribution in [0.1, 0.15) is 23.0 Å². The lowest BCUT2D eigenvalue weighted by Crippen LogP contribution is -2.09. The van der Waals surface area contributed by atoms with E-state index in [-0.39, 0.29) is 18.1 Å². The van der Waals surface area contributed by atoms with Gasteiger partial charge < -0.3 is 4.74 Å². The van der Waals surface area contributed by atoms with Crippen molar-refractivity contribution in [1.82, 2.24) is 9.38 Å². The van der Waals surface area contributed by atoms with Gasteiger partial charge >= 0.3 is 5.97 Å². The predicted octanol–water partition coefficient (Wildman–Crippen LogP) is 4.28. The minimum atomic E-state index is -0.501. The summed E-state index contributed by atoms with van der Waals surface area (Å²) in [6.45, 7) is 3.84. The number of hydrogen-bond donors (Lipinski definition) is 0. The Balaban J connectivity index is 2.29. The van der Waals surface area contributed by atoms with E-state index in [4.69, 9.17) is 16.3 Å². The highest BCUT2D eigenvalue weighted by Gasteiger charge is 2.22. The molecule has 0 aliphatic heterocycles. The van der Waals surface area contributed by atoms with Gasteiger partial charge in [-0.15, -0.1) is 0 Å². The van der Waals surface area contributed by atoms with Gasteiger partial charge in [-0.05, 0) is 49.7 Å². The largest absolute Gasteiger partial charge is 0.461 e. The summed E-state index contributed by atoms with van der Waals surface area (Å²) in [7, 11) is 0. The second kappa shape index (κ2) is 6.01. The topological polar surface area (TPSA) is 43.6 Å². The molecule has 0 saturated carbocycles. The number of fused-ring (bicyclic) bond motifs is 1. The van der Waals surface area contributed by atoms with Crippen LogP contribution in [0.25, 0.3) is 16.9 Å². The van der Waals surface area contributed by atoms with Gasteiger partial charge in [-0.25, -0.2) is 14.2 Å². The fourth-order valence-electron chi connectivity index (χ4n) is 2.36. The molecule has 0 saturated heterocycles. The van der Waals surface area contributed by atoms with Crippen LogP contribution < -0.4 is 0 Å². The monoisotopic (exact) mass is 332 g/mol. The normalized spacial score (nSPS) is 11.0. The van der Waals surface area contributed by atoms with E-state index in [1.807, 2.05) is 6.92 Å². The number of pyridine rings is 1. The van der Waals surface area contributed by atoms with Crippen molar-refractivity contribution in [1.29, 1.82) is 0 Å². The SMILES string of the molecule is CCOC(=O)c1c(-c2ccc(F)cc2)nc2cc(C)c(Cl)cn12. The third kappa shape index (κ3) is 2.80. The fourth-order valence-corrected chi connectivity index (χ4v) is 2.52. The average molecular weight is 333 g/mol. The summed E-state index contributed by atoms with van der Waals surface area (Å²) in [5, 5.41) is 0.520. The molecule has 0 atom stereocenters. The van der Waals surface area contributed by atoms with Crippen LogP contribution in [0, 0.1) is 12.7 Å². The number of halogens is 2. The Morgan fingerprint density at radius 3 is 2.70 bits per heavy atom. The van der Waals surface area contributed by atoms with Crippen LogP contribution in [-0.2, 0) is 4.74 Å². The third-order valence-electron chi connectivity index (χ3n) is 3.49. The van der Waals surface area contributed by atoms with Gasteiger partial charge in [-0.3, -0.25) is 4.40 Å².